The first-order chi connectivity index (χ1) is 8.78. The van der Waals surface area contributed by atoms with Crippen LogP contribution >= 0.6 is 11.3 Å². The summed E-state index contributed by atoms with van der Waals surface area (Å²) in [7, 11) is 0. The highest BCUT2D eigenvalue weighted by Crippen LogP contribution is 2.41. The van der Waals surface area contributed by atoms with Gasteiger partial charge in [0.15, 0.2) is 5.13 Å². The highest BCUT2D eigenvalue weighted by Gasteiger charge is 2.46. The van der Waals surface area contributed by atoms with Crippen LogP contribution in [0.3, 0.4) is 0 Å². The van der Waals surface area contributed by atoms with Crippen LogP contribution in [-0.2, 0) is 5.54 Å². The van der Waals surface area contributed by atoms with Crippen LogP contribution in [0.4, 0.5) is 9.93 Å². The Labute approximate surface area is 107 Å². The molecule has 2 N–H and O–H groups in total. The summed E-state index contributed by atoms with van der Waals surface area (Å²) in [5.41, 5.74) is -0.135. The fourth-order valence-electron chi connectivity index (χ4n) is 1.72. The monoisotopic (exact) mass is 264 g/mol. The molecule has 18 heavy (non-hydrogen) atoms. The van der Waals surface area contributed by atoms with Gasteiger partial charge in [0.25, 0.3) is 0 Å². The number of carbonyl (C=O) groups excluding carboxylic acids is 1. The predicted octanol–water partition coefficient (Wildman–Crippen LogP) is 1.05. The van der Waals surface area contributed by atoms with Gasteiger partial charge in [0, 0.05) is 18.1 Å². The van der Waals surface area contributed by atoms with Crippen LogP contribution in [0.2, 0.25) is 0 Å². The second kappa shape index (κ2) is 4.37. The smallest absolute Gasteiger partial charge is 0.321 e. The molecule has 1 aliphatic rings. The number of aromatic nitrogens is 4. The Morgan fingerprint density at radius 1 is 1.39 bits per heavy atom. The third-order valence-corrected chi connectivity index (χ3v) is 3.59. The van der Waals surface area contributed by atoms with E-state index in [0.29, 0.717) is 11.7 Å². The van der Waals surface area contributed by atoms with Crippen LogP contribution in [0.5, 0.6) is 0 Å². The quantitative estimate of drug-likeness (QED) is 0.864. The van der Waals surface area contributed by atoms with Gasteiger partial charge < -0.3 is 5.32 Å². The van der Waals surface area contributed by atoms with E-state index in [-0.39, 0.29) is 11.6 Å². The van der Waals surface area contributed by atoms with Gasteiger partial charge in [0.1, 0.15) is 0 Å². The lowest BCUT2D eigenvalue weighted by atomic mass is 10.3. The van der Waals surface area contributed by atoms with Crippen molar-refractivity contribution < 1.29 is 4.79 Å². The van der Waals surface area contributed by atoms with Crippen molar-refractivity contribution in [3.63, 3.8) is 0 Å². The lowest BCUT2D eigenvalue weighted by molar-refractivity contribution is 0.247. The van der Waals surface area contributed by atoms with Crippen molar-refractivity contribution >= 4 is 22.5 Å². The van der Waals surface area contributed by atoms with Crippen molar-refractivity contribution in [2.75, 3.05) is 11.9 Å². The number of hydrogen-bond acceptors (Lipinski definition) is 5. The van der Waals surface area contributed by atoms with E-state index in [0.717, 1.165) is 12.8 Å². The predicted molar refractivity (Wildman–Crippen MR) is 66.4 cm³/mol. The normalized spacial score (nSPS) is 16.2. The summed E-state index contributed by atoms with van der Waals surface area (Å²) in [4.78, 5) is 17.3. The van der Waals surface area contributed by atoms with Crippen molar-refractivity contribution in [2.45, 2.75) is 18.4 Å². The number of amides is 2. The Hall–Kier alpha value is -1.96. The Morgan fingerprint density at radius 3 is 2.78 bits per heavy atom. The van der Waals surface area contributed by atoms with E-state index in [4.69, 9.17) is 0 Å². The molecule has 0 saturated heterocycles. The summed E-state index contributed by atoms with van der Waals surface area (Å²) in [5, 5.41) is 16.2. The second-order valence-electron chi connectivity index (χ2n) is 4.19. The molecule has 0 aliphatic heterocycles. The molecule has 1 aliphatic carbocycles. The maximum absolute atomic E-state index is 11.6. The first-order valence-electron chi connectivity index (χ1n) is 5.60. The van der Waals surface area contributed by atoms with Crippen LogP contribution in [-0.4, -0.2) is 32.6 Å². The molecule has 2 heterocycles. The minimum atomic E-state index is -0.247. The third kappa shape index (κ3) is 2.19. The van der Waals surface area contributed by atoms with Crippen molar-refractivity contribution in [3.8, 4) is 0 Å². The molecule has 0 atom stereocenters. The number of carbonyl (C=O) groups is 1. The molecule has 3 rings (SSSR count). The van der Waals surface area contributed by atoms with Gasteiger partial charge in [-0.25, -0.2) is 9.78 Å². The molecule has 0 unspecified atom stereocenters. The fraction of sp³-hybridized carbons (Fsp3) is 0.400. The van der Waals surface area contributed by atoms with E-state index in [1.807, 2.05) is 5.38 Å². The van der Waals surface area contributed by atoms with Crippen molar-refractivity contribution in [3.05, 3.63) is 24.0 Å². The Bertz CT molecular complexity index is 519. The first kappa shape index (κ1) is 11.1. The van der Waals surface area contributed by atoms with Crippen molar-refractivity contribution in [1.82, 2.24) is 25.3 Å². The zero-order chi connectivity index (χ0) is 12.4. The maximum Gasteiger partial charge on any atom is 0.321 e. The van der Waals surface area contributed by atoms with Crippen molar-refractivity contribution in [1.29, 1.82) is 0 Å². The van der Waals surface area contributed by atoms with Crippen LogP contribution in [0.25, 0.3) is 0 Å². The summed E-state index contributed by atoms with van der Waals surface area (Å²) in [6.45, 7) is 0.527. The molecule has 8 heteroatoms. The zero-order valence-electron chi connectivity index (χ0n) is 9.54. The third-order valence-electron chi connectivity index (χ3n) is 2.90. The number of rotatable bonds is 4. The molecule has 1 saturated carbocycles. The molecular weight excluding hydrogens is 252 g/mol. The van der Waals surface area contributed by atoms with Gasteiger partial charge in [0.05, 0.1) is 17.9 Å². The topological polar surface area (TPSA) is 84.7 Å². The minimum absolute atomic E-state index is 0.135. The molecule has 0 bridgehead atoms. The van der Waals surface area contributed by atoms with Crippen LogP contribution in [0.15, 0.2) is 24.0 Å². The molecule has 7 nitrogen and oxygen atoms in total. The maximum atomic E-state index is 11.6. The molecular formula is C10H12N6OS. The lowest BCUT2D eigenvalue weighted by Gasteiger charge is -2.15. The molecule has 0 spiro atoms. The van der Waals surface area contributed by atoms with Gasteiger partial charge in [-0.05, 0) is 12.8 Å². The van der Waals surface area contributed by atoms with E-state index < -0.39 is 0 Å². The Balaban J connectivity index is 1.54. The van der Waals surface area contributed by atoms with Gasteiger partial charge in [-0.3, -0.25) is 5.32 Å². The Kier molecular flexibility index (Phi) is 2.71. The highest BCUT2D eigenvalue weighted by molar-refractivity contribution is 7.13. The number of hydrogen-bond donors (Lipinski definition) is 2. The second-order valence-corrected chi connectivity index (χ2v) is 5.08. The number of urea groups is 1. The van der Waals surface area contributed by atoms with Crippen molar-refractivity contribution in [2.24, 2.45) is 0 Å². The Morgan fingerprint density at radius 2 is 2.17 bits per heavy atom. The van der Waals surface area contributed by atoms with Crippen LogP contribution in [0.1, 0.15) is 12.8 Å². The molecule has 2 amide bonds. The van der Waals surface area contributed by atoms with E-state index >= 15 is 0 Å². The lowest BCUT2D eigenvalue weighted by Crippen LogP contribution is -2.38. The highest BCUT2D eigenvalue weighted by atomic mass is 32.1. The average Bonchev–Trinajstić information content (AvgIpc) is 2.84. The van der Waals surface area contributed by atoms with E-state index in [2.05, 4.69) is 25.8 Å². The first-order valence-corrected chi connectivity index (χ1v) is 6.48. The zero-order valence-corrected chi connectivity index (χ0v) is 10.4. The average molecular weight is 264 g/mol. The molecule has 2 aromatic heterocycles. The molecule has 1 fully saturated rings. The molecule has 2 aromatic rings. The van der Waals surface area contributed by atoms with Crippen LogP contribution < -0.4 is 10.6 Å². The van der Waals surface area contributed by atoms with E-state index in [1.165, 1.54) is 11.3 Å². The summed E-state index contributed by atoms with van der Waals surface area (Å²) >= 11 is 1.39. The van der Waals surface area contributed by atoms with Gasteiger partial charge in [-0.15, -0.1) is 11.3 Å². The number of thiazole rings is 1. The molecule has 0 radical (unpaired) electrons. The SMILES string of the molecule is O=C(NCC1(n2nccn2)CC1)Nc1nccs1. The number of anilines is 1. The summed E-state index contributed by atoms with van der Waals surface area (Å²) in [5.74, 6) is 0. The number of nitrogens with one attached hydrogen (secondary N) is 2. The van der Waals surface area contributed by atoms with Gasteiger partial charge in [0.2, 0.25) is 0 Å². The fourth-order valence-corrected chi connectivity index (χ4v) is 2.25. The molecule has 94 valence electrons. The summed E-state index contributed by atoms with van der Waals surface area (Å²) in [6, 6.07) is -0.247. The minimum Gasteiger partial charge on any atom is -0.335 e. The number of nitrogens with zero attached hydrogens (tertiary/aromatic N) is 4. The summed E-state index contributed by atoms with van der Waals surface area (Å²) < 4.78 is 0. The summed E-state index contributed by atoms with van der Waals surface area (Å²) in [6.07, 6.45) is 6.92. The molecule has 0 aromatic carbocycles. The largest absolute Gasteiger partial charge is 0.335 e. The van der Waals surface area contributed by atoms with E-state index in [1.54, 1.807) is 23.4 Å². The standard InChI is InChI=1S/C10H12N6OS/c17-8(15-9-11-5-6-18-9)12-7-10(1-2-10)16-13-3-4-14-16/h3-6H,1-2,7H2,(H2,11,12,15,17). The van der Waals surface area contributed by atoms with Crippen LogP contribution in [0, 0.1) is 0 Å². The van der Waals surface area contributed by atoms with E-state index in [9.17, 15) is 4.79 Å². The van der Waals surface area contributed by atoms with Gasteiger partial charge >= 0.3 is 6.03 Å². The van der Waals surface area contributed by atoms with Gasteiger partial charge in [-0.1, -0.05) is 0 Å². The van der Waals surface area contributed by atoms with Gasteiger partial charge in [-0.2, -0.15) is 15.0 Å².